The predicted octanol–water partition coefficient (Wildman–Crippen LogP) is 2.45. The van der Waals surface area contributed by atoms with Crippen LogP contribution >= 0.6 is 0 Å². The molecule has 0 bridgehead atoms. The molecule has 4 nitrogen and oxygen atoms in total. The molecule has 1 aliphatic rings. The van der Waals surface area contributed by atoms with Gasteiger partial charge in [0.25, 0.3) is 0 Å². The molecule has 118 valence electrons. The third-order valence-corrected chi connectivity index (χ3v) is 3.43. The van der Waals surface area contributed by atoms with Gasteiger partial charge < -0.3 is 9.47 Å². The van der Waals surface area contributed by atoms with Gasteiger partial charge in [0.15, 0.2) is 0 Å². The van der Waals surface area contributed by atoms with Crippen molar-refractivity contribution in [2.75, 3.05) is 26.3 Å². The molecule has 1 fully saturated rings. The van der Waals surface area contributed by atoms with Gasteiger partial charge in [0.1, 0.15) is 5.75 Å². The lowest BCUT2D eigenvalue weighted by Crippen LogP contribution is -2.49. The maximum atomic E-state index is 12.1. The average molecular weight is 300 g/mol. The van der Waals surface area contributed by atoms with Crippen molar-refractivity contribution in [3.63, 3.8) is 0 Å². The molecule has 1 aromatic rings. The maximum Gasteiger partial charge on any atom is 0.387 e. The van der Waals surface area contributed by atoms with Crippen LogP contribution < -0.4 is 10.2 Å². The predicted molar refractivity (Wildman–Crippen MR) is 76.4 cm³/mol. The molecule has 0 aliphatic carbocycles. The summed E-state index contributed by atoms with van der Waals surface area (Å²) in [5.41, 5.74) is 4.57. The van der Waals surface area contributed by atoms with Crippen molar-refractivity contribution in [3.05, 3.63) is 29.8 Å². The number of nitrogens with zero attached hydrogens (tertiary/aromatic N) is 1. The van der Waals surface area contributed by atoms with E-state index >= 15 is 0 Å². The van der Waals surface area contributed by atoms with Gasteiger partial charge in [0.05, 0.1) is 13.2 Å². The van der Waals surface area contributed by atoms with E-state index in [9.17, 15) is 8.78 Å². The summed E-state index contributed by atoms with van der Waals surface area (Å²) < 4.78 is 33.7. The van der Waals surface area contributed by atoms with Crippen LogP contribution in [0.1, 0.15) is 18.9 Å². The highest BCUT2D eigenvalue weighted by atomic mass is 19.3. The Kier molecular flexibility index (Phi) is 6.35. The van der Waals surface area contributed by atoms with E-state index < -0.39 is 6.61 Å². The highest BCUT2D eigenvalue weighted by molar-refractivity contribution is 5.27. The minimum Gasteiger partial charge on any atom is -0.435 e. The number of hydrogen-bond donors (Lipinski definition) is 1. The fourth-order valence-corrected chi connectivity index (χ4v) is 2.29. The molecular weight excluding hydrogens is 278 g/mol. The van der Waals surface area contributed by atoms with Crippen LogP contribution in [0.15, 0.2) is 24.3 Å². The van der Waals surface area contributed by atoms with Crippen LogP contribution in [0, 0.1) is 0 Å². The van der Waals surface area contributed by atoms with Crippen molar-refractivity contribution < 1.29 is 18.3 Å². The zero-order valence-corrected chi connectivity index (χ0v) is 12.2. The Morgan fingerprint density at radius 3 is 2.52 bits per heavy atom. The van der Waals surface area contributed by atoms with E-state index in [1.54, 1.807) is 12.1 Å². The van der Waals surface area contributed by atoms with Crippen molar-refractivity contribution in [1.82, 2.24) is 10.4 Å². The van der Waals surface area contributed by atoms with Gasteiger partial charge in [-0.25, -0.2) is 5.01 Å². The summed E-state index contributed by atoms with van der Waals surface area (Å²) in [6, 6.07) is 7.20. The molecule has 2 rings (SSSR count). The molecule has 1 unspecified atom stereocenters. The molecule has 1 heterocycles. The maximum absolute atomic E-state index is 12.1. The van der Waals surface area contributed by atoms with Gasteiger partial charge in [0, 0.05) is 19.1 Å². The van der Waals surface area contributed by atoms with Crippen LogP contribution in [-0.2, 0) is 11.2 Å². The molecule has 0 saturated carbocycles. The Morgan fingerprint density at radius 1 is 1.24 bits per heavy atom. The Bertz CT molecular complexity index is 409. The van der Waals surface area contributed by atoms with Crippen molar-refractivity contribution in [2.45, 2.75) is 32.4 Å². The largest absolute Gasteiger partial charge is 0.435 e. The molecular formula is C15H22F2N2O2. The van der Waals surface area contributed by atoms with Crippen molar-refractivity contribution in [2.24, 2.45) is 0 Å². The van der Waals surface area contributed by atoms with Crippen LogP contribution in [-0.4, -0.2) is 44.0 Å². The Hall–Kier alpha value is -1.24. The lowest BCUT2D eigenvalue weighted by Gasteiger charge is -2.30. The van der Waals surface area contributed by atoms with E-state index in [1.165, 1.54) is 0 Å². The summed E-state index contributed by atoms with van der Waals surface area (Å²) >= 11 is 0. The molecule has 1 aromatic carbocycles. The molecule has 21 heavy (non-hydrogen) atoms. The van der Waals surface area contributed by atoms with E-state index in [0.29, 0.717) is 6.04 Å². The standard InChI is InChI=1S/C15H22F2N2O2/c1-12(18-19-8-10-20-11-9-19)2-3-13-4-6-14(7-5-13)21-15(16)17/h4-7,12,15,18H,2-3,8-11H2,1H3. The molecule has 6 heteroatoms. The number of aryl methyl sites for hydroxylation is 1. The van der Waals surface area contributed by atoms with Gasteiger partial charge in [-0.3, -0.25) is 5.43 Å². The lowest BCUT2D eigenvalue weighted by molar-refractivity contribution is -0.0498. The molecule has 1 N–H and O–H groups in total. The molecule has 1 saturated heterocycles. The van der Waals surface area contributed by atoms with Crippen LogP contribution in [0.5, 0.6) is 5.75 Å². The third-order valence-electron chi connectivity index (χ3n) is 3.43. The van der Waals surface area contributed by atoms with Crippen molar-refractivity contribution >= 4 is 0 Å². The van der Waals surface area contributed by atoms with E-state index in [2.05, 4.69) is 22.1 Å². The first-order valence-electron chi connectivity index (χ1n) is 7.26. The van der Waals surface area contributed by atoms with Gasteiger partial charge in [-0.15, -0.1) is 0 Å². The molecule has 0 aromatic heterocycles. The number of nitrogens with one attached hydrogen (secondary N) is 1. The summed E-state index contributed by atoms with van der Waals surface area (Å²) in [6.07, 6.45) is 1.87. The number of rotatable bonds is 7. The normalized spacial score (nSPS) is 17.9. The number of halogens is 2. The Balaban J connectivity index is 1.71. The molecule has 0 amide bonds. The van der Waals surface area contributed by atoms with Crippen LogP contribution in [0.4, 0.5) is 8.78 Å². The molecule has 1 atom stereocenters. The zero-order valence-electron chi connectivity index (χ0n) is 12.2. The topological polar surface area (TPSA) is 33.7 Å². The second-order valence-corrected chi connectivity index (χ2v) is 5.19. The van der Waals surface area contributed by atoms with Crippen LogP contribution in [0.25, 0.3) is 0 Å². The Morgan fingerprint density at radius 2 is 1.90 bits per heavy atom. The zero-order chi connectivity index (χ0) is 15.1. The second kappa shape index (κ2) is 8.26. The van der Waals surface area contributed by atoms with Gasteiger partial charge in [-0.2, -0.15) is 8.78 Å². The monoisotopic (exact) mass is 300 g/mol. The fourth-order valence-electron chi connectivity index (χ4n) is 2.29. The van der Waals surface area contributed by atoms with Crippen LogP contribution in [0.2, 0.25) is 0 Å². The van der Waals surface area contributed by atoms with E-state index in [-0.39, 0.29) is 5.75 Å². The summed E-state index contributed by atoms with van der Waals surface area (Å²) in [7, 11) is 0. The minimum atomic E-state index is -2.77. The lowest BCUT2D eigenvalue weighted by atomic mass is 10.1. The molecule has 0 radical (unpaired) electrons. The number of morpholine rings is 1. The van der Waals surface area contributed by atoms with E-state index in [0.717, 1.165) is 44.7 Å². The summed E-state index contributed by atoms with van der Waals surface area (Å²) in [5.74, 6) is 0.202. The number of alkyl halides is 2. The Labute approximate surface area is 124 Å². The summed E-state index contributed by atoms with van der Waals surface area (Å²) in [5, 5.41) is 2.19. The quantitative estimate of drug-likeness (QED) is 0.838. The number of benzene rings is 1. The first kappa shape index (κ1) is 16.1. The molecule has 0 spiro atoms. The highest BCUT2D eigenvalue weighted by Gasteiger charge is 2.12. The van der Waals surface area contributed by atoms with Gasteiger partial charge in [-0.1, -0.05) is 12.1 Å². The summed E-state index contributed by atoms with van der Waals surface area (Å²) in [6.45, 7) is 2.72. The van der Waals surface area contributed by atoms with Gasteiger partial charge in [0.2, 0.25) is 0 Å². The minimum absolute atomic E-state index is 0.202. The smallest absolute Gasteiger partial charge is 0.387 e. The highest BCUT2D eigenvalue weighted by Crippen LogP contribution is 2.16. The number of hydrogen-bond acceptors (Lipinski definition) is 4. The second-order valence-electron chi connectivity index (χ2n) is 5.19. The van der Waals surface area contributed by atoms with E-state index in [1.807, 2.05) is 12.1 Å². The first-order valence-corrected chi connectivity index (χ1v) is 7.26. The van der Waals surface area contributed by atoms with E-state index in [4.69, 9.17) is 4.74 Å². The van der Waals surface area contributed by atoms with Crippen LogP contribution in [0.3, 0.4) is 0 Å². The third kappa shape index (κ3) is 5.95. The number of hydrazine groups is 1. The van der Waals surface area contributed by atoms with Gasteiger partial charge in [-0.05, 0) is 37.5 Å². The van der Waals surface area contributed by atoms with Gasteiger partial charge >= 0.3 is 6.61 Å². The SMILES string of the molecule is CC(CCc1ccc(OC(F)F)cc1)NN1CCOCC1. The summed E-state index contributed by atoms with van der Waals surface area (Å²) in [4.78, 5) is 0. The fraction of sp³-hybridized carbons (Fsp3) is 0.600. The van der Waals surface area contributed by atoms with Crippen molar-refractivity contribution in [3.8, 4) is 5.75 Å². The number of ether oxygens (including phenoxy) is 2. The average Bonchev–Trinajstić information content (AvgIpc) is 2.47. The molecule has 1 aliphatic heterocycles. The first-order chi connectivity index (χ1) is 10.1. The van der Waals surface area contributed by atoms with Crippen molar-refractivity contribution in [1.29, 1.82) is 0 Å².